The predicted octanol–water partition coefficient (Wildman–Crippen LogP) is 5.60. The molecule has 2 aromatic rings. The van der Waals surface area contributed by atoms with E-state index in [4.69, 9.17) is 4.74 Å². The van der Waals surface area contributed by atoms with Crippen molar-refractivity contribution in [3.8, 4) is 0 Å². The summed E-state index contributed by atoms with van der Waals surface area (Å²) in [5.74, 6) is 0.514. The van der Waals surface area contributed by atoms with Gasteiger partial charge in [-0.2, -0.15) is 4.31 Å². The molecule has 0 N–H and O–H groups in total. The summed E-state index contributed by atoms with van der Waals surface area (Å²) in [7, 11) is -3.69. The lowest BCUT2D eigenvalue weighted by molar-refractivity contribution is 0.0564. The molecule has 0 bridgehead atoms. The summed E-state index contributed by atoms with van der Waals surface area (Å²) in [6.45, 7) is 7.92. The molecule has 1 amide bonds. The number of rotatable bonds is 5. The van der Waals surface area contributed by atoms with Crippen molar-refractivity contribution in [2.45, 2.75) is 88.8 Å². The number of aromatic nitrogens is 1. The molecule has 1 unspecified atom stereocenters. The SMILES string of the molecule is Cc1ccc(S(=O)(=O)N2CCCC2c2cccnc2N(C(=O)OC(C)(C)C)C2CCCC2)cc1. The molecule has 7 nitrogen and oxygen atoms in total. The van der Waals surface area contributed by atoms with Gasteiger partial charge in [-0.1, -0.05) is 36.6 Å². The summed E-state index contributed by atoms with van der Waals surface area (Å²) in [5, 5.41) is 0. The van der Waals surface area contributed by atoms with E-state index in [1.165, 1.54) is 0 Å². The van der Waals surface area contributed by atoms with Gasteiger partial charge < -0.3 is 4.74 Å². The molecule has 1 aromatic carbocycles. The summed E-state index contributed by atoms with van der Waals surface area (Å²) in [5.41, 5.74) is 1.13. The number of hydrogen-bond acceptors (Lipinski definition) is 5. The molecule has 8 heteroatoms. The summed E-state index contributed by atoms with van der Waals surface area (Å²) in [6, 6.07) is 10.3. The lowest BCUT2D eigenvalue weighted by Gasteiger charge is -2.34. The third kappa shape index (κ3) is 5.13. The highest BCUT2D eigenvalue weighted by Crippen LogP contribution is 2.41. The number of sulfonamides is 1. The van der Waals surface area contributed by atoms with Crippen molar-refractivity contribution in [2.24, 2.45) is 0 Å². The molecule has 1 saturated heterocycles. The van der Waals surface area contributed by atoms with Crippen LogP contribution in [0, 0.1) is 6.92 Å². The van der Waals surface area contributed by atoms with Crippen LogP contribution in [0.3, 0.4) is 0 Å². The minimum atomic E-state index is -3.69. The molecule has 1 atom stereocenters. The average molecular weight is 486 g/mol. The lowest BCUT2D eigenvalue weighted by Crippen LogP contribution is -2.44. The number of benzene rings is 1. The maximum Gasteiger partial charge on any atom is 0.416 e. The molecule has 2 fully saturated rings. The molecule has 1 aliphatic heterocycles. The Labute approximate surface area is 203 Å². The Kier molecular flexibility index (Phi) is 7.01. The van der Waals surface area contributed by atoms with Gasteiger partial charge >= 0.3 is 6.09 Å². The number of nitrogens with zero attached hydrogens (tertiary/aromatic N) is 3. The Morgan fingerprint density at radius 3 is 2.38 bits per heavy atom. The van der Waals surface area contributed by atoms with E-state index in [0.29, 0.717) is 18.8 Å². The number of hydrogen-bond donors (Lipinski definition) is 0. The van der Waals surface area contributed by atoms with E-state index in [9.17, 15) is 13.2 Å². The molecule has 2 aliphatic rings. The highest BCUT2D eigenvalue weighted by molar-refractivity contribution is 7.89. The van der Waals surface area contributed by atoms with Crippen molar-refractivity contribution in [3.05, 3.63) is 53.7 Å². The van der Waals surface area contributed by atoms with Crippen LogP contribution in [0.25, 0.3) is 0 Å². The maximum absolute atomic E-state index is 13.6. The van der Waals surface area contributed by atoms with E-state index in [2.05, 4.69) is 4.98 Å². The maximum atomic E-state index is 13.6. The highest BCUT2D eigenvalue weighted by atomic mass is 32.2. The standard InChI is InChI=1S/C26H35N3O4S/c1-19-13-15-21(16-14-19)34(31,32)28-18-8-12-23(28)22-11-7-17-27-24(22)29(20-9-5-6-10-20)25(30)33-26(2,3)4/h7,11,13-17,20,23H,5-6,8-10,12,18H2,1-4H3. The molecule has 34 heavy (non-hydrogen) atoms. The molecule has 0 spiro atoms. The third-order valence-corrected chi connectivity index (χ3v) is 8.44. The molecule has 1 saturated carbocycles. The fourth-order valence-electron chi connectivity index (χ4n) is 4.94. The van der Waals surface area contributed by atoms with Gasteiger partial charge in [0.05, 0.1) is 10.9 Å². The van der Waals surface area contributed by atoms with Crippen molar-refractivity contribution in [3.63, 3.8) is 0 Å². The number of amides is 1. The van der Waals surface area contributed by atoms with E-state index in [0.717, 1.165) is 43.2 Å². The zero-order valence-electron chi connectivity index (χ0n) is 20.5. The molecular formula is C26H35N3O4S. The number of carbonyl (C=O) groups excluding carboxylic acids is 1. The Balaban J connectivity index is 1.74. The third-order valence-electron chi connectivity index (χ3n) is 6.52. The van der Waals surface area contributed by atoms with Gasteiger partial charge in [-0.05, 0) is 71.6 Å². The first-order valence-corrected chi connectivity index (χ1v) is 13.6. The lowest BCUT2D eigenvalue weighted by atomic mass is 10.0. The van der Waals surface area contributed by atoms with E-state index in [1.807, 2.05) is 52.0 Å². The summed E-state index contributed by atoms with van der Waals surface area (Å²) < 4.78 is 34.5. The second-order valence-corrected chi connectivity index (χ2v) is 12.2. The first-order valence-electron chi connectivity index (χ1n) is 12.1. The topological polar surface area (TPSA) is 79.8 Å². The summed E-state index contributed by atoms with van der Waals surface area (Å²) in [4.78, 5) is 20.0. The Morgan fingerprint density at radius 1 is 1.06 bits per heavy atom. The van der Waals surface area contributed by atoms with Gasteiger partial charge in [0.2, 0.25) is 10.0 Å². The van der Waals surface area contributed by atoms with Gasteiger partial charge in [0.25, 0.3) is 0 Å². The Bertz CT molecular complexity index is 1120. The van der Waals surface area contributed by atoms with Crippen molar-refractivity contribution >= 4 is 21.9 Å². The zero-order valence-corrected chi connectivity index (χ0v) is 21.3. The van der Waals surface area contributed by atoms with Gasteiger partial charge in [-0.25, -0.2) is 18.2 Å². The van der Waals surface area contributed by atoms with Gasteiger partial charge in [0, 0.05) is 24.3 Å². The zero-order chi connectivity index (χ0) is 24.5. The van der Waals surface area contributed by atoms with Crippen LogP contribution >= 0.6 is 0 Å². The fourth-order valence-corrected chi connectivity index (χ4v) is 6.61. The molecule has 1 aromatic heterocycles. The number of anilines is 1. The van der Waals surface area contributed by atoms with E-state index in [1.54, 1.807) is 27.5 Å². The molecular weight excluding hydrogens is 450 g/mol. The largest absolute Gasteiger partial charge is 0.443 e. The van der Waals surface area contributed by atoms with Crippen LogP contribution in [0.15, 0.2) is 47.5 Å². The number of aryl methyl sites for hydroxylation is 1. The van der Waals surface area contributed by atoms with Crippen LogP contribution in [0.4, 0.5) is 10.6 Å². The molecule has 4 rings (SSSR count). The second-order valence-electron chi connectivity index (χ2n) is 10.3. The normalized spacial score (nSPS) is 19.9. The highest BCUT2D eigenvalue weighted by Gasteiger charge is 2.40. The fraction of sp³-hybridized carbons (Fsp3) is 0.538. The van der Waals surface area contributed by atoms with Crippen molar-refractivity contribution < 1.29 is 17.9 Å². The van der Waals surface area contributed by atoms with Crippen molar-refractivity contribution in [1.82, 2.24) is 9.29 Å². The molecule has 0 radical (unpaired) electrons. The van der Waals surface area contributed by atoms with Gasteiger partial charge in [0.1, 0.15) is 11.4 Å². The quantitative estimate of drug-likeness (QED) is 0.551. The van der Waals surface area contributed by atoms with Crippen LogP contribution < -0.4 is 4.90 Å². The number of carbonyl (C=O) groups is 1. The molecule has 1 aliphatic carbocycles. The van der Waals surface area contributed by atoms with Crippen molar-refractivity contribution in [1.29, 1.82) is 0 Å². The smallest absolute Gasteiger partial charge is 0.416 e. The molecule has 2 heterocycles. The minimum Gasteiger partial charge on any atom is -0.443 e. The van der Waals surface area contributed by atoms with Crippen LogP contribution in [-0.4, -0.2) is 42.0 Å². The van der Waals surface area contributed by atoms with Gasteiger partial charge in [-0.3, -0.25) is 4.90 Å². The van der Waals surface area contributed by atoms with E-state index < -0.39 is 21.7 Å². The summed E-state index contributed by atoms with van der Waals surface area (Å²) >= 11 is 0. The summed E-state index contributed by atoms with van der Waals surface area (Å²) in [6.07, 6.45) is 6.52. The Hall–Kier alpha value is -2.45. The second kappa shape index (κ2) is 9.66. The molecule has 184 valence electrons. The van der Waals surface area contributed by atoms with E-state index >= 15 is 0 Å². The first kappa shape index (κ1) is 24.7. The first-order chi connectivity index (χ1) is 16.1. The monoisotopic (exact) mass is 485 g/mol. The average Bonchev–Trinajstić information content (AvgIpc) is 3.46. The van der Waals surface area contributed by atoms with Crippen LogP contribution in [0.2, 0.25) is 0 Å². The number of ether oxygens (including phenoxy) is 1. The van der Waals surface area contributed by atoms with Gasteiger partial charge in [0.15, 0.2) is 0 Å². The Morgan fingerprint density at radius 2 is 1.74 bits per heavy atom. The predicted molar refractivity (Wildman–Crippen MR) is 132 cm³/mol. The number of pyridine rings is 1. The van der Waals surface area contributed by atoms with Crippen molar-refractivity contribution in [2.75, 3.05) is 11.4 Å². The van der Waals surface area contributed by atoms with Crippen LogP contribution in [0.5, 0.6) is 0 Å². The van der Waals surface area contributed by atoms with Gasteiger partial charge in [-0.15, -0.1) is 0 Å². The minimum absolute atomic E-state index is 0.00735. The van der Waals surface area contributed by atoms with Crippen LogP contribution in [-0.2, 0) is 14.8 Å². The van der Waals surface area contributed by atoms with Crippen LogP contribution in [0.1, 0.15) is 76.5 Å². The van der Waals surface area contributed by atoms with E-state index in [-0.39, 0.29) is 17.0 Å².